The monoisotopic (exact) mass is 425 g/mol. The van der Waals surface area contributed by atoms with Gasteiger partial charge in [0.05, 0.1) is 5.69 Å². The molecule has 31 heavy (non-hydrogen) atoms. The summed E-state index contributed by atoms with van der Waals surface area (Å²) in [5, 5.41) is 2.89. The van der Waals surface area contributed by atoms with Crippen LogP contribution in [0.15, 0.2) is 52.2 Å². The number of halogens is 2. The fraction of sp³-hybridized carbons (Fsp3) is 0.100. The van der Waals surface area contributed by atoms with Crippen molar-refractivity contribution in [2.24, 2.45) is 0 Å². The molecule has 0 saturated carbocycles. The van der Waals surface area contributed by atoms with Gasteiger partial charge in [-0.05, 0) is 29.8 Å². The lowest BCUT2D eigenvalue weighted by Gasteiger charge is -2.09. The second-order valence-electron chi connectivity index (χ2n) is 6.70. The van der Waals surface area contributed by atoms with E-state index in [1.54, 1.807) is 12.1 Å². The van der Waals surface area contributed by atoms with Gasteiger partial charge in [-0.15, -0.1) is 0 Å². The zero-order valence-corrected chi connectivity index (χ0v) is 15.7. The van der Waals surface area contributed by atoms with Crippen molar-refractivity contribution in [1.82, 2.24) is 19.5 Å². The molecular formula is C20H13F2N5O4. The van der Waals surface area contributed by atoms with Crippen LogP contribution in [0.25, 0.3) is 16.7 Å². The Labute approximate surface area is 171 Å². The zero-order valence-electron chi connectivity index (χ0n) is 15.7. The predicted molar refractivity (Wildman–Crippen MR) is 106 cm³/mol. The Morgan fingerprint density at radius 3 is 2.65 bits per heavy atom. The van der Waals surface area contributed by atoms with Crippen LogP contribution in [0.2, 0.25) is 0 Å². The molecule has 11 heteroatoms. The van der Waals surface area contributed by atoms with Gasteiger partial charge in [-0.2, -0.15) is 4.98 Å². The van der Waals surface area contributed by atoms with Crippen LogP contribution >= 0.6 is 0 Å². The largest absolute Gasteiger partial charge is 0.454 e. The molecule has 156 valence electrons. The van der Waals surface area contributed by atoms with Crippen molar-refractivity contribution in [2.45, 2.75) is 6.54 Å². The summed E-state index contributed by atoms with van der Waals surface area (Å²) >= 11 is 0. The number of fused-ring (bicyclic) bond motifs is 2. The molecule has 0 unspecified atom stereocenters. The highest BCUT2D eigenvalue weighted by atomic mass is 19.1. The number of benzene rings is 2. The van der Waals surface area contributed by atoms with Gasteiger partial charge >= 0.3 is 5.69 Å². The van der Waals surface area contributed by atoms with Crippen molar-refractivity contribution in [3.05, 3.63) is 80.6 Å². The van der Waals surface area contributed by atoms with Crippen molar-refractivity contribution >= 4 is 17.0 Å². The van der Waals surface area contributed by atoms with Crippen LogP contribution in [0.5, 0.6) is 11.5 Å². The Bertz CT molecular complexity index is 1430. The molecule has 0 spiro atoms. The molecule has 0 bridgehead atoms. The minimum absolute atomic E-state index is 0.0231. The quantitative estimate of drug-likeness (QED) is 0.515. The number of nitrogens with one attached hydrogen (secondary N) is 2. The average Bonchev–Trinajstić information content (AvgIpc) is 3.19. The Morgan fingerprint density at radius 2 is 1.84 bits per heavy atom. The molecular weight excluding hydrogens is 412 g/mol. The SMILES string of the molecule is O=c1[nH]c2nc(NCc3cc(F)cc(F)c3)ncc2c(=O)n1-c1ccc2c(c1)OCO2. The molecule has 0 fully saturated rings. The summed E-state index contributed by atoms with van der Waals surface area (Å²) in [4.78, 5) is 36.2. The number of nitrogens with zero attached hydrogens (tertiary/aromatic N) is 3. The Kier molecular flexibility index (Phi) is 4.35. The predicted octanol–water partition coefficient (Wildman–Crippen LogP) is 2.09. The van der Waals surface area contributed by atoms with E-state index in [1.807, 2.05) is 0 Å². The molecule has 0 atom stereocenters. The maximum Gasteiger partial charge on any atom is 0.334 e. The van der Waals surface area contributed by atoms with Gasteiger partial charge in [-0.3, -0.25) is 9.78 Å². The fourth-order valence-corrected chi connectivity index (χ4v) is 3.24. The second kappa shape index (κ2) is 7.20. The molecule has 1 aliphatic heterocycles. The minimum atomic E-state index is -0.704. The number of aromatic amines is 1. The first-order valence-corrected chi connectivity index (χ1v) is 9.09. The van der Waals surface area contributed by atoms with Gasteiger partial charge in [0, 0.05) is 24.9 Å². The summed E-state index contributed by atoms with van der Waals surface area (Å²) in [6, 6.07) is 7.80. The van der Waals surface area contributed by atoms with E-state index in [9.17, 15) is 18.4 Å². The molecule has 2 aromatic carbocycles. The van der Waals surface area contributed by atoms with Gasteiger partial charge in [-0.25, -0.2) is 23.1 Å². The number of rotatable bonds is 4. The normalized spacial score (nSPS) is 12.3. The lowest BCUT2D eigenvalue weighted by Crippen LogP contribution is -2.34. The lowest BCUT2D eigenvalue weighted by molar-refractivity contribution is 0.174. The summed E-state index contributed by atoms with van der Waals surface area (Å²) < 4.78 is 38.1. The molecule has 4 aromatic rings. The highest BCUT2D eigenvalue weighted by Gasteiger charge is 2.17. The van der Waals surface area contributed by atoms with Gasteiger partial charge < -0.3 is 14.8 Å². The molecule has 0 aliphatic carbocycles. The van der Waals surface area contributed by atoms with Crippen molar-refractivity contribution in [3.8, 4) is 17.2 Å². The molecule has 0 radical (unpaired) electrons. The van der Waals surface area contributed by atoms with Gasteiger partial charge in [0.2, 0.25) is 12.7 Å². The first-order chi connectivity index (χ1) is 15.0. The first-order valence-electron chi connectivity index (χ1n) is 9.09. The minimum Gasteiger partial charge on any atom is -0.454 e. The van der Waals surface area contributed by atoms with E-state index < -0.39 is 22.9 Å². The van der Waals surface area contributed by atoms with Crippen LogP contribution in [0, 0.1) is 11.6 Å². The van der Waals surface area contributed by atoms with E-state index >= 15 is 0 Å². The maximum absolute atomic E-state index is 13.3. The van der Waals surface area contributed by atoms with E-state index in [4.69, 9.17) is 9.47 Å². The van der Waals surface area contributed by atoms with Crippen molar-refractivity contribution in [3.63, 3.8) is 0 Å². The summed E-state index contributed by atoms with van der Waals surface area (Å²) in [5.74, 6) is -0.387. The zero-order chi connectivity index (χ0) is 21.5. The average molecular weight is 425 g/mol. The van der Waals surface area contributed by atoms with Gasteiger partial charge in [0.15, 0.2) is 17.1 Å². The van der Waals surface area contributed by atoms with Crippen LogP contribution in [0.3, 0.4) is 0 Å². The molecule has 0 amide bonds. The molecule has 5 rings (SSSR count). The summed E-state index contributed by atoms with van der Waals surface area (Å²) in [5.41, 5.74) is -0.653. The molecule has 1 aliphatic rings. The van der Waals surface area contributed by atoms with Gasteiger partial charge in [0.1, 0.15) is 17.0 Å². The third-order valence-corrected chi connectivity index (χ3v) is 4.64. The molecule has 2 N–H and O–H groups in total. The Morgan fingerprint density at radius 1 is 1.06 bits per heavy atom. The van der Waals surface area contributed by atoms with Crippen LogP contribution in [-0.2, 0) is 6.54 Å². The lowest BCUT2D eigenvalue weighted by atomic mass is 10.2. The topological polar surface area (TPSA) is 111 Å². The number of ether oxygens (including phenoxy) is 2. The highest BCUT2D eigenvalue weighted by Crippen LogP contribution is 2.33. The molecule has 0 saturated heterocycles. The third kappa shape index (κ3) is 3.45. The van der Waals surface area contributed by atoms with Gasteiger partial charge in [0.25, 0.3) is 5.56 Å². The summed E-state index contributed by atoms with van der Waals surface area (Å²) in [6.45, 7) is 0.103. The van der Waals surface area contributed by atoms with E-state index in [2.05, 4.69) is 20.3 Å². The third-order valence-electron chi connectivity index (χ3n) is 4.64. The second-order valence-corrected chi connectivity index (χ2v) is 6.70. The van der Waals surface area contributed by atoms with Crippen LogP contribution in [0.1, 0.15) is 5.56 Å². The highest BCUT2D eigenvalue weighted by molar-refractivity contribution is 5.73. The molecule has 3 heterocycles. The number of hydrogen-bond acceptors (Lipinski definition) is 7. The van der Waals surface area contributed by atoms with Crippen molar-refractivity contribution in [2.75, 3.05) is 12.1 Å². The standard InChI is InChI=1S/C20H13F2N5O4/c21-11-3-10(4-12(22)5-11)7-23-19-24-8-14-17(25-19)26-20(29)27(18(14)28)13-1-2-15-16(6-13)31-9-30-15/h1-6,8H,7,9H2,(H2,23,24,25,26,29). The number of aromatic nitrogens is 4. The summed E-state index contributed by atoms with van der Waals surface area (Å²) in [7, 11) is 0. The van der Waals surface area contributed by atoms with Crippen molar-refractivity contribution < 1.29 is 18.3 Å². The Hall–Kier alpha value is -4.28. The van der Waals surface area contributed by atoms with Crippen LogP contribution in [0.4, 0.5) is 14.7 Å². The van der Waals surface area contributed by atoms with Crippen LogP contribution in [-0.4, -0.2) is 26.3 Å². The first kappa shape index (κ1) is 18.7. The van der Waals surface area contributed by atoms with Crippen molar-refractivity contribution in [1.29, 1.82) is 0 Å². The van der Waals surface area contributed by atoms with E-state index in [1.165, 1.54) is 24.4 Å². The molecule has 2 aromatic heterocycles. The molecule has 9 nitrogen and oxygen atoms in total. The summed E-state index contributed by atoms with van der Waals surface area (Å²) in [6.07, 6.45) is 1.26. The van der Waals surface area contributed by atoms with E-state index in [0.29, 0.717) is 22.7 Å². The number of hydrogen-bond donors (Lipinski definition) is 2. The Balaban J connectivity index is 1.48. The maximum atomic E-state index is 13.3. The fourth-order valence-electron chi connectivity index (χ4n) is 3.24. The van der Waals surface area contributed by atoms with Crippen LogP contribution < -0.4 is 26.0 Å². The number of anilines is 1. The van der Waals surface area contributed by atoms with Gasteiger partial charge in [-0.1, -0.05) is 0 Å². The smallest absolute Gasteiger partial charge is 0.334 e. The van der Waals surface area contributed by atoms with E-state index in [0.717, 1.165) is 10.6 Å². The number of H-pyrrole nitrogens is 1. The van der Waals surface area contributed by atoms with E-state index in [-0.39, 0.29) is 30.3 Å².